The lowest BCUT2D eigenvalue weighted by molar-refractivity contribution is -0.132. The Kier molecular flexibility index (Phi) is 12.4. The minimum atomic E-state index is -0.494. The summed E-state index contributed by atoms with van der Waals surface area (Å²) in [7, 11) is 0. The summed E-state index contributed by atoms with van der Waals surface area (Å²) in [5, 5.41) is 10.2. The van der Waals surface area contributed by atoms with Gasteiger partial charge in [0.1, 0.15) is 13.9 Å². The van der Waals surface area contributed by atoms with Crippen molar-refractivity contribution in [3.05, 3.63) is 186 Å². The van der Waals surface area contributed by atoms with Crippen LogP contribution in [-0.4, -0.2) is 32.7 Å². The fraction of sp³-hybridized carbons (Fsp3) is 0.0851. The Hall–Kier alpha value is -6.58. The molecule has 1 fully saturated rings. The van der Waals surface area contributed by atoms with Crippen LogP contribution >= 0.6 is 35.3 Å². The summed E-state index contributed by atoms with van der Waals surface area (Å²) in [6.45, 7) is 4.10. The van der Waals surface area contributed by atoms with Gasteiger partial charge in [0, 0.05) is 23.6 Å². The number of thioether (sulfide) groups is 1. The fourth-order valence-electron chi connectivity index (χ4n) is 6.45. The molecule has 0 aliphatic carbocycles. The lowest BCUT2D eigenvalue weighted by atomic mass is 9.95. The molecule has 0 saturated carbocycles. The van der Waals surface area contributed by atoms with Crippen LogP contribution in [0, 0.1) is 18.3 Å². The SMILES string of the molecule is CCN1C(=O)/C(=c2/s/c(=C/C(C#N)=C/c3ccc(N(c4ccc(C)cc4)c4ccc(C=C(c5ccccc5)c5ccccc5)cc4)cc3)c(=O)n2COC=O)SC1=S. The number of thiazole rings is 1. The molecule has 5 aromatic carbocycles. The number of anilines is 3. The van der Waals surface area contributed by atoms with Crippen LogP contribution in [0.25, 0.3) is 28.7 Å². The number of allylic oxidation sites excluding steroid dienone is 1. The molecule has 286 valence electrons. The van der Waals surface area contributed by atoms with Gasteiger partial charge in [-0.2, -0.15) is 5.26 Å². The number of nitriles is 1. The van der Waals surface area contributed by atoms with Crippen molar-refractivity contribution in [1.82, 2.24) is 9.47 Å². The normalized spacial score (nSPS) is 14.0. The zero-order valence-electron chi connectivity index (χ0n) is 31.6. The predicted octanol–water partition coefficient (Wildman–Crippen LogP) is 8.78. The second kappa shape index (κ2) is 18.1. The van der Waals surface area contributed by atoms with E-state index in [0.717, 1.165) is 73.6 Å². The summed E-state index contributed by atoms with van der Waals surface area (Å²) in [5.41, 5.74) is 8.98. The Balaban J connectivity index is 1.23. The van der Waals surface area contributed by atoms with E-state index in [1.807, 2.05) is 43.3 Å². The van der Waals surface area contributed by atoms with Crippen LogP contribution in [-0.2, 0) is 21.1 Å². The Morgan fingerprint density at radius 2 is 1.33 bits per heavy atom. The number of aryl methyl sites for hydroxylation is 1. The summed E-state index contributed by atoms with van der Waals surface area (Å²) in [6, 6.07) is 47.6. The molecule has 7 rings (SSSR count). The van der Waals surface area contributed by atoms with Gasteiger partial charge in [-0.1, -0.05) is 127 Å². The molecule has 11 heteroatoms. The molecule has 0 unspecified atom stereocenters. The number of hydrogen-bond donors (Lipinski definition) is 0. The van der Waals surface area contributed by atoms with Gasteiger partial charge in [0.25, 0.3) is 17.9 Å². The van der Waals surface area contributed by atoms with Crippen molar-refractivity contribution < 1.29 is 14.3 Å². The molecular weight excluding hydrogens is 781 g/mol. The third-order valence-electron chi connectivity index (χ3n) is 9.35. The minimum absolute atomic E-state index is 0.208. The van der Waals surface area contributed by atoms with Gasteiger partial charge in [0.15, 0.2) is 6.73 Å². The van der Waals surface area contributed by atoms with Crippen LogP contribution in [0.15, 0.2) is 144 Å². The van der Waals surface area contributed by atoms with E-state index < -0.39 is 5.56 Å². The molecule has 0 atom stereocenters. The number of nitrogens with zero attached hydrogens (tertiary/aromatic N) is 4. The molecule has 6 aromatic rings. The van der Waals surface area contributed by atoms with Crippen molar-refractivity contribution in [1.29, 1.82) is 5.26 Å². The van der Waals surface area contributed by atoms with Crippen LogP contribution in [0.5, 0.6) is 0 Å². The van der Waals surface area contributed by atoms with E-state index in [1.165, 1.54) is 15.5 Å². The van der Waals surface area contributed by atoms with Crippen molar-refractivity contribution in [3.63, 3.8) is 0 Å². The Labute approximate surface area is 349 Å². The molecule has 2 heterocycles. The van der Waals surface area contributed by atoms with E-state index in [1.54, 1.807) is 6.08 Å². The van der Waals surface area contributed by atoms with Gasteiger partial charge in [-0.05, 0) is 96.3 Å². The minimum Gasteiger partial charge on any atom is -0.446 e. The monoisotopic (exact) mass is 816 g/mol. The topological polar surface area (TPSA) is 95.6 Å². The number of rotatable bonds is 12. The summed E-state index contributed by atoms with van der Waals surface area (Å²) < 4.78 is 7.03. The molecule has 1 aliphatic heterocycles. The molecule has 1 aliphatic rings. The van der Waals surface area contributed by atoms with Crippen LogP contribution in [0.1, 0.15) is 34.7 Å². The van der Waals surface area contributed by atoms with Gasteiger partial charge < -0.3 is 9.64 Å². The third-order valence-corrected chi connectivity index (χ3v) is 12.0. The highest BCUT2D eigenvalue weighted by Gasteiger charge is 2.33. The molecule has 1 amide bonds. The summed E-state index contributed by atoms with van der Waals surface area (Å²) in [5.74, 6) is -0.325. The van der Waals surface area contributed by atoms with Crippen molar-refractivity contribution in [2.75, 3.05) is 11.4 Å². The average Bonchev–Trinajstić information content (AvgIpc) is 3.72. The van der Waals surface area contributed by atoms with E-state index in [-0.39, 0.29) is 34.1 Å². The van der Waals surface area contributed by atoms with Gasteiger partial charge in [-0.15, -0.1) is 11.3 Å². The zero-order valence-corrected chi connectivity index (χ0v) is 34.0. The number of carbonyl (C=O) groups is 2. The van der Waals surface area contributed by atoms with E-state index in [9.17, 15) is 19.6 Å². The Morgan fingerprint density at radius 3 is 1.83 bits per heavy atom. The molecule has 1 aromatic heterocycles. The summed E-state index contributed by atoms with van der Waals surface area (Å²) in [4.78, 5) is 41.6. The summed E-state index contributed by atoms with van der Waals surface area (Å²) >= 11 is 7.50. The number of ether oxygens (including phenoxy) is 1. The maximum absolute atomic E-state index is 13.5. The van der Waals surface area contributed by atoms with Crippen molar-refractivity contribution in [2.24, 2.45) is 0 Å². The molecule has 0 spiro atoms. The second-order valence-corrected chi connectivity index (χ2v) is 15.8. The number of amides is 1. The highest BCUT2D eigenvalue weighted by Crippen LogP contribution is 2.36. The van der Waals surface area contributed by atoms with Gasteiger partial charge in [0.05, 0.1) is 16.2 Å². The molecule has 8 nitrogen and oxygen atoms in total. The Bertz CT molecular complexity index is 2730. The van der Waals surface area contributed by atoms with E-state index in [4.69, 9.17) is 17.0 Å². The molecule has 58 heavy (non-hydrogen) atoms. The number of thiocarbonyl (C=S) groups is 1. The highest BCUT2D eigenvalue weighted by molar-refractivity contribution is 8.30. The first-order valence-electron chi connectivity index (χ1n) is 18.3. The highest BCUT2D eigenvalue weighted by atomic mass is 32.2. The van der Waals surface area contributed by atoms with Gasteiger partial charge in [0.2, 0.25) is 0 Å². The lowest BCUT2D eigenvalue weighted by Crippen LogP contribution is -2.34. The smallest absolute Gasteiger partial charge is 0.294 e. The standard InChI is InChI=1S/C47H36N4O4S3/c1-3-49-45(54)43(58-47(49)56)46-50(30-55-31-52)44(53)42(57-46)28-35(29-48)26-33-16-22-39(23-17-33)51(38-20-14-32(2)15-21-38)40-24-18-34(19-25-40)27-41(36-10-6-4-7-11-36)37-12-8-5-9-13-37/h4-28,31H,3,30H2,1-2H3/b35-26-,42-28+,46-43-. The van der Waals surface area contributed by atoms with E-state index in [2.05, 4.69) is 121 Å². The van der Waals surface area contributed by atoms with Crippen molar-refractivity contribution in [2.45, 2.75) is 20.6 Å². The van der Waals surface area contributed by atoms with Crippen LogP contribution in [0.2, 0.25) is 0 Å². The summed E-state index contributed by atoms with van der Waals surface area (Å²) in [6.07, 6.45) is 5.39. The zero-order chi connectivity index (χ0) is 40.6. The van der Waals surface area contributed by atoms with Gasteiger partial charge in [-0.25, -0.2) is 0 Å². The van der Waals surface area contributed by atoms with Crippen LogP contribution < -0.4 is 19.7 Å². The maximum Gasteiger partial charge on any atom is 0.294 e. The van der Waals surface area contributed by atoms with Crippen molar-refractivity contribution in [3.8, 4) is 6.07 Å². The number of carbonyl (C=O) groups excluding carboxylic acids is 2. The second-order valence-electron chi connectivity index (χ2n) is 13.1. The fourth-order valence-corrected chi connectivity index (χ4v) is 9.07. The predicted molar refractivity (Wildman–Crippen MR) is 240 cm³/mol. The largest absolute Gasteiger partial charge is 0.446 e. The number of benzene rings is 5. The molecular formula is C47H36N4O4S3. The number of aromatic nitrogens is 1. The van der Waals surface area contributed by atoms with Crippen LogP contribution in [0.3, 0.4) is 0 Å². The van der Waals surface area contributed by atoms with Crippen LogP contribution in [0.4, 0.5) is 17.1 Å². The molecule has 0 N–H and O–H groups in total. The van der Waals surface area contributed by atoms with Crippen molar-refractivity contribution >= 4 is 97.8 Å². The Morgan fingerprint density at radius 1 is 0.793 bits per heavy atom. The van der Waals surface area contributed by atoms with Gasteiger partial charge in [-0.3, -0.25) is 23.9 Å². The number of hydrogen-bond acceptors (Lipinski definition) is 9. The first kappa shape index (κ1) is 39.6. The quantitative estimate of drug-likeness (QED) is 0.0524. The first-order valence-corrected chi connectivity index (χ1v) is 20.4. The average molecular weight is 817 g/mol. The van der Waals surface area contributed by atoms with Gasteiger partial charge >= 0.3 is 0 Å². The maximum atomic E-state index is 13.5. The molecule has 1 saturated heterocycles. The molecule has 0 radical (unpaired) electrons. The molecule has 0 bridgehead atoms. The first-order chi connectivity index (χ1) is 28.3. The van der Waals surface area contributed by atoms with E-state index in [0.29, 0.717) is 15.5 Å². The third kappa shape index (κ3) is 8.70. The van der Waals surface area contributed by atoms with E-state index >= 15 is 0 Å². The lowest BCUT2D eigenvalue weighted by Gasteiger charge is -2.26.